The third-order valence-electron chi connectivity index (χ3n) is 2.79. The Morgan fingerprint density at radius 1 is 1.43 bits per heavy atom. The van der Waals surface area contributed by atoms with E-state index in [-0.39, 0.29) is 11.2 Å². The summed E-state index contributed by atoms with van der Waals surface area (Å²) in [6.45, 7) is 8.02. The predicted octanol–water partition coefficient (Wildman–Crippen LogP) is 0.947. The largest absolute Gasteiger partial charge is 0.334 e. The summed E-state index contributed by atoms with van der Waals surface area (Å²) in [6, 6.07) is 0.640. The van der Waals surface area contributed by atoms with E-state index >= 15 is 0 Å². The summed E-state index contributed by atoms with van der Waals surface area (Å²) in [6.07, 6.45) is 1.99. The molecule has 0 saturated carbocycles. The first kappa shape index (κ1) is 11.9. The van der Waals surface area contributed by atoms with Crippen molar-refractivity contribution < 1.29 is 4.79 Å². The Kier molecular flexibility index (Phi) is 4.26. The molecule has 1 saturated heterocycles. The van der Waals surface area contributed by atoms with Crippen LogP contribution in [0.2, 0.25) is 0 Å². The van der Waals surface area contributed by atoms with Crippen molar-refractivity contribution in [3.63, 3.8) is 0 Å². The van der Waals surface area contributed by atoms with Crippen LogP contribution in [-0.2, 0) is 4.79 Å². The van der Waals surface area contributed by atoms with E-state index in [9.17, 15) is 4.79 Å². The van der Waals surface area contributed by atoms with E-state index in [1.165, 1.54) is 0 Å². The first-order valence-electron chi connectivity index (χ1n) is 5.13. The lowest BCUT2D eigenvalue weighted by atomic mass is 10.1. The SMILES string of the molecule is CSC(C)C(=O)N1C(C)CNCC1C. The molecule has 4 heteroatoms. The number of rotatable bonds is 2. The summed E-state index contributed by atoms with van der Waals surface area (Å²) >= 11 is 1.62. The zero-order chi connectivity index (χ0) is 10.7. The van der Waals surface area contributed by atoms with Gasteiger partial charge in [0.2, 0.25) is 5.91 Å². The molecule has 1 N–H and O–H groups in total. The van der Waals surface area contributed by atoms with Gasteiger partial charge in [-0.05, 0) is 27.0 Å². The molecular weight excluding hydrogens is 196 g/mol. The number of piperazine rings is 1. The van der Waals surface area contributed by atoms with Crippen molar-refractivity contribution in [1.82, 2.24) is 10.2 Å². The summed E-state index contributed by atoms with van der Waals surface area (Å²) in [5.41, 5.74) is 0. The third-order valence-corrected chi connectivity index (χ3v) is 3.69. The van der Waals surface area contributed by atoms with Crippen molar-refractivity contribution in [1.29, 1.82) is 0 Å². The fourth-order valence-electron chi connectivity index (χ4n) is 1.88. The normalized spacial score (nSPS) is 30.1. The minimum absolute atomic E-state index is 0.0815. The van der Waals surface area contributed by atoms with Crippen LogP contribution < -0.4 is 5.32 Å². The molecule has 1 amide bonds. The lowest BCUT2D eigenvalue weighted by molar-refractivity contribution is -0.135. The maximum absolute atomic E-state index is 12.0. The van der Waals surface area contributed by atoms with Gasteiger partial charge in [0.15, 0.2) is 0 Å². The summed E-state index contributed by atoms with van der Waals surface area (Å²) in [5.74, 6) is 0.277. The topological polar surface area (TPSA) is 32.3 Å². The Morgan fingerprint density at radius 2 is 1.93 bits per heavy atom. The molecule has 1 rings (SSSR count). The average molecular weight is 216 g/mol. The highest BCUT2D eigenvalue weighted by Gasteiger charge is 2.30. The van der Waals surface area contributed by atoms with Crippen molar-refractivity contribution >= 4 is 17.7 Å². The zero-order valence-corrected chi connectivity index (χ0v) is 10.2. The monoisotopic (exact) mass is 216 g/mol. The van der Waals surface area contributed by atoms with Crippen LogP contribution in [0.5, 0.6) is 0 Å². The van der Waals surface area contributed by atoms with Crippen LogP contribution in [0, 0.1) is 0 Å². The van der Waals surface area contributed by atoms with Gasteiger partial charge in [-0.15, -0.1) is 0 Å². The molecule has 0 spiro atoms. The molecule has 1 aliphatic heterocycles. The maximum Gasteiger partial charge on any atom is 0.235 e. The van der Waals surface area contributed by atoms with Gasteiger partial charge in [-0.25, -0.2) is 0 Å². The molecule has 3 unspecified atom stereocenters. The quantitative estimate of drug-likeness (QED) is 0.746. The Morgan fingerprint density at radius 3 is 2.36 bits per heavy atom. The molecule has 0 aromatic rings. The standard InChI is InChI=1S/C10H20N2OS/c1-7-5-11-6-8(2)12(7)10(13)9(3)14-4/h7-9,11H,5-6H2,1-4H3. The van der Waals surface area contributed by atoms with Gasteiger partial charge in [0.1, 0.15) is 0 Å². The van der Waals surface area contributed by atoms with Crippen molar-refractivity contribution in [3.05, 3.63) is 0 Å². The molecule has 0 aliphatic carbocycles. The van der Waals surface area contributed by atoms with Gasteiger partial charge in [-0.3, -0.25) is 4.79 Å². The van der Waals surface area contributed by atoms with E-state index in [0.29, 0.717) is 12.1 Å². The lowest BCUT2D eigenvalue weighted by Crippen LogP contribution is -2.58. The maximum atomic E-state index is 12.0. The summed E-state index contributed by atoms with van der Waals surface area (Å²) < 4.78 is 0. The molecule has 1 aliphatic rings. The van der Waals surface area contributed by atoms with Crippen molar-refractivity contribution in [2.45, 2.75) is 38.1 Å². The molecule has 0 aromatic heterocycles. The Hall–Kier alpha value is -0.220. The molecule has 1 fully saturated rings. The van der Waals surface area contributed by atoms with Gasteiger partial charge in [0, 0.05) is 25.2 Å². The van der Waals surface area contributed by atoms with Crippen LogP contribution in [0.3, 0.4) is 0 Å². The second-order valence-electron chi connectivity index (χ2n) is 3.98. The van der Waals surface area contributed by atoms with E-state index in [1.807, 2.05) is 18.1 Å². The summed E-state index contributed by atoms with van der Waals surface area (Å²) in [5, 5.41) is 3.41. The van der Waals surface area contributed by atoms with Crippen LogP contribution in [0.25, 0.3) is 0 Å². The smallest absolute Gasteiger partial charge is 0.235 e. The van der Waals surface area contributed by atoms with Gasteiger partial charge in [0.05, 0.1) is 5.25 Å². The minimum atomic E-state index is 0.0815. The van der Waals surface area contributed by atoms with Crippen LogP contribution in [-0.4, -0.2) is 47.5 Å². The molecule has 3 atom stereocenters. The van der Waals surface area contributed by atoms with Crippen molar-refractivity contribution in [2.75, 3.05) is 19.3 Å². The number of nitrogens with zero attached hydrogens (tertiary/aromatic N) is 1. The second-order valence-corrected chi connectivity index (χ2v) is 5.16. The highest BCUT2D eigenvalue weighted by molar-refractivity contribution is 7.99. The molecule has 82 valence electrons. The number of carbonyl (C=O) groups is 1. The molecule has 0 radical (unpaired) electrons. The van der Waals surface area contributed by atoms with Crippen molar-refractivity contribution in [3.8, 4) is 0 Å². The Balaban J connectivity index is 2.67. The lowest BCUT2D eigenvalue weighted by Gasteiger charge is -2.40. The minimum Gasteiger partial charge on any atom is -0.334 e. The molecule has 3 nitrogen and oxygen atoms in total. The number of thioether (sulfide) groups is 1. The highest BCUT2D eigenvalue weighted by atomic mass is 32.2. The van der Waals surface area contributed by atoms with Crippen LogP contribution in [0.15, 0.2) is 0 Å². The number of amides is 1. The van der Waals surface area contributed by atoms with E-state index in [4.69, 9.17) is 0 Å². The molecule has 0 aromatic carbocycles. The Bertz CT molecular complexity index is 200. The van der Waals surface area contributed by atoms with Crippen LogP contribution in [0.4, 0.5) is 0 Å². The predicted molar refractivity (Wildman–Crippen MR) is 61.6 cm³/mol. The fourth-order valence-corrected chi connectivity index (χ4v) is 2.20. The summed E-state index contributed by atoms with van der Waals surface area (Å²) in [7, 11) is 0. The molecule has 1 heterocycles. The van der Waals surface area contributed by atoms with Crippen LogP contribution >= 0.6 is 11.8 Å². The average Bonchev–Trinajstić information content (AvgIpc) is 2.16. The molecule has 14 heavy (non-hydrogen) atoms. The number of carbonyl (C=O) groups excluding carboxylic acids is 1. The van der Waals surface area contributed by atoms with Gasteiger partial charge in [0.25, 0.3) is 0 Å². The van der Waals surface area contributed by atoms with E-state index in [2.05, 4.69) is 19.2 Å². The highest BCUT2D eigenvalue weighted by Crippen LogP contribution is 2.16. The van der Waals surface area contributed by atoms with E-state index < -0.39 is 0 Å². The van der Waals surface area contributed by atoms with Gasteiger partial charge < -0.3 is 10.2 Å². The van der Waals surface area contributed by atoms with Crippen LogP contribution in [0.1, 0.15) is 20.8 Å². The van der Waals surface area contributed by atoms with Gasteiger partial charge in [-0.2, -0.15) is 11.8 Å². The zero-order valence-electron chi connectivity index (χ0n) is 9.41. The van der Waals surface area contributed by atoms with E-state index in [0.717, 1.165) is 13.1 Å². The molecular formula is C10H20N2OS. The van der Waals surface area contributed by atoms with Crippen molar-refractivity contribution in [2.24, 2.45) is 0 Å². The summed E-state index contributed by atoms with van der Waals surface area (Å²) in [4.78, 5) is 14.1. The first-order chi connectivity index (χ1) is 6.57. The second kappa shape index (κ2) is 5.03. The Labute approximate surface area is 90.6 Å². The first-order valence-corrected chi connectivity index (χ1v) is 6.42. The van der Waals surface area contributed by atoms with Gasteiger partial charge in [-0.1, -0.05) is 0 Å². The fraction of sp³-hybridized carbons (Fsp3) is 0.900. The number of hydrogen-bond acceptors (Lipinski definition) is 3. The number of nitrogens with one attached hydrogen (secondary N) is 1. The molecule has 0 bridgehead atoms. The number of hydrogen-bond donors (Lipinski definition) is 1. The third kappa shape index (κ3) is 2.42. The van der Waals surface area contributed by atoms with E-state index in [1.54, 1.807) is 11.8 Å². The van der Waals surface area contributed by atoms with Gasteiger partial charge >= 0.3 is 0 Å².